The van der Waals surface area contributed by atoms with Gasteiger partial charge in [-0.15, -0.1) is 0 Å². The molecule has 0 aliphatic carbocycles. The van der Waals surface area contributed by atoms with Crippen molar-refractivity contribution in [3.63, 3.8) is 0 Å². The van der Waals surface area contributed by atoms with E-state index in [1.807, 2.05) is 30.0 Å². The molecule has 1 fully saturated rings. The smallest absolute Gasteiger partial charge is 0.246 e. The zero-order valence-electron chi connectivity index (χ0n) is 17.8. The number of carbonyl (C=O) groups is 2. The average molecular weight is 404 g/mol. The van der Waals surface area contributed by atoms with Crippen molar-refractivity contribution in [3.8, 4) is 11.5 Å². The molecule has 7 heteroatoms. The Morgan fingerprint density at radius 2 is 1.97 bits per heavy atom. The molecular weight excluding hydrogens is 370 g/mol. The molecule has 1 aliphatic heterocycles. The van der Waals surface area contributed by atoms with Crippen molar-refractivity contribution in [2.45, 2.75) is 26.7 Å². The lowest BCUT2D eigenvalue weighted by atomic mass is 10.2. The fourth-order valence-electron chi connectivity index (χ4n) is 3.20. The van der Waals surface area contributed by atoms with Crippen LogP contribution in [0.25, 0.3) is 6.08 Å². The number of ether oxygens (including phenoxy) is 2. The van der Waals surface area contributed by atoms with Crippen molar-refractivity contribution in [2.75, 3.05) is 53.0 Å². The molecule has 1 heterocycles. The monoisotopic (exact) mass is 403 g/mol. The predicted octanol–water partition coefficient (Wildman–Crippen LogP) is 2.17. The van der Waals surface area contributed by atoms with Gasteiger partial charge in [0.1, 0.15) is 0 Å². The van der Waals surface area contributed by atoms with Gasteiger partial charge in [-0.3, -0.25) is 14.5 Å². The van der Waals surface area contributed by atoms with Gasteiger partial charge < -0.3 is 19.7 Å². The third kappa shape index (κ3) is 7.42. The number of nitrogens with one attached hydrogen (secondary N) is 1. The van der Waals surface area contributed by atoms with Crippen molar-refractivity contribution in [1.82, 2.24) is 15.1 Å². The topological polar surface area (TPSA) is 71.1 Å². The van der Waals surface area contributed by atoms with E-state index in [-0.39, 0.29) is 11.8 Å². The quantitative estimate of drug-likeness (QED) is 0.640. The van der Waals surface area contributed by atoms with Gasteiger partial charge in [0, 0.05) is 38.8 Å². The molecular formula is C22H33N3O4. The highest BCUT2D eigenvalue weighted by Crippen LogP contribution is 2.28. The van der Waals surface area contributed by atoms with Crippen LogP contribution in [0.5, 0.6) is 11.5 Å². The molecule has 1 aromatic carbocycles. The van der Waals surface area contributed by atoms with Gasteiger partial charge in [0.2, 0.25) is 11.8 Å². The lowest BCUT2D eigenvalue weighted by Gasteiger charge is -2.20. The van der Waals surface area contributed by atoms with Crippen LogP contribution in [0.3, 0.4) is 0 Å². The Labute approximate surface area is 173 Å². The van der Waals surface area contributed by atoms with Crippen LogP contribution in [0, 0.1) is 0 Å². The number of nitrogens with zero attached hydrogens (tertiary/aromatic N) is 2. The Bertz CT molecular complexity index is 705. The minimum Gasteiger partial charge on any atom is -0.493 e. The molecule has 0 spiro atoms. The molecule has 160 valence electrons. The molecule has 0 radical (unpaired) electrons. The molecule has 0 atom stereocenters. The fraction of sp³-hybridized carbons (Fsp3) is 0.545. The van der Waals surface area contributed by atoms with E-state index in [1.165, 1.54) is 0 Å². The number of hydrogen-bond acceptors (Lipinski definition) is 5. The summed E-state index contributed by atoms with van der Waals surface area (Å²) in [4.78, 5) is 28.3. The van der Waals surface area contributed by atoms with Crippen LogP contribution in [0.1, 0.15) is 32.3 Å². The van der Waals surface area contributed by atoms with E-state index in [4.69, 9.17) is 9.47 Å². The summed E-state index contributed by atoms with van der Waals surface area (Å²) in [5.74, 6) is 1.38. The number of rotatable bonds is 9. The summed E-state index contributed by atoms with van der Waals surface area (Å²) in [6.07, 6.45) is 5.18. The first kappa shape index (κ1) is 22.7. The van der Waals surface area contributed by atoms with E-state index in [1.54, 1.807) is 19.3 Å². The molecule has 1 saturated heterocycles. The summed E-state index contributed by atoms with van der Waals surface area (Å²) in [6, 6.07) is 5.64. The van der Waals surface area contributed by atoms with Crippen molar-refractivity contribution in [1.29, 1.82) is 0 Å². The summed E-state index contributed by atoms with van der Waals surface area (Å²) in [7, 11) is 1.61. The minimum atomic E-state index is -0.0184. The minimum absolute atomic E-state index is 0.0184. The molecule has 7 nitrogen and oxygen atoms in total. The van der Waals surface area contributed by atoms with Crippen LogP contribution >= 0.6 is 0 Å². The molecule has 29 heavy (non-hydrogen) atoms. The highest BCUT2D eigenvalue weighted by molar-refractivity contribution is 5.92. The van der Waals surface area contributed by atoms with Crippen LogP contribution in [0.2, 0.25) is 0 Å². The Kier molecular flexibility index (Phi) is 9.50. The third-order valence-electron chi connectivity index (χ3n) is 4.71. The van der Waals surface area contributed by atoms with Gasteiger partial charge in [-0.25, -0.2) is 0 Å². The van der Waals surface area contributed by atoms with E-state index in [9.17, 15) is 9.59 Å². The van der Waals surface area contributed by atoms with Crippen molar-refractivity contribution in [3.05, 3.63) is 29.8 Å². The zero-order valence-corrected chi connectivity index (χ0v) is 17.8. The van der Waals surface area contributed by atoms with Crippen LogP contribution in [-0.4, -0.2) is 74.6 Å². The number of hydrogen-bond donors (Lipinski definition) is 1. The summed E-state index contributed by atoms with van der Waals surface area (Å²) < 4.78 is 11.1. The van der Waals surface area contributed by atoms with Gasteiger partial charge in [0.15, 0.2) is 11.5 Å². The second-order valence-electron chi connectivity index (χ2n) is 7.00. The van der Waals surface area contributed by atoms with Gasteiger partial charge >= 0.3 is 0 Å². The molecule has 2 rings (SSSR count). The summed E-state index contributed by atoms with van der Waals surface area (Å²) in [6.45, 7) is 8.46. The Hall–Kier alpha value is -2.54. The average Bonchev–Trinajstić information content (AvgIpc) is 2.96. The van der Waals surface area contributed by atoms with Gasteiger partial charge in [-0.1, -0.05) is 13.0 Å². The standard InChI is InChI=1S/C22H33N3O4/c1-4-15-29-19-9-7-18(16-20(19)28-3)8-10-22(27)25-12-6-11-24(13-14-25)17-21(26)23-5-2/h7-10,16H,4-6,11-15,17H2,1-3H3,(H,23,26)/b10-8+. The highest BCUT2D eigenvalue weighted by atomic mass is 16.5. The Balaban J connectivity index is 1.92. The Morgan fingerprint density at radius 3 is 2.69 bits per heavy atom. The first-order valence-corrected chi connectivity index (χ1v) is 10.3. The van der Waals surface area contributed by atoms with Crippen LogP contribution in [0.4, 0.5) is 0 Å². The molecule has 1 aliphatic rings. The normalized spacial score (nSPS) is 15.2. The summed E-state index contributed by atoms with van der Waals surface area (Å²) in [5.41, 5.74) is 0.881. The maximum absolute atomic E-state index is 12.6. The van der Waals surface area contributed by atoms with E-state index in [0.717, 1.165) is 24.9 Å². The summed E-state index contributed by atoms with van der Waals surface area (Å²) in [5, 5.41) is 2.82. The number of benzene rings is 1. The van der Waals surface area contributed by atoms with E-state index >= 15 is 0 Å². The second kappa shape index (κ2) is 12.1. The largest absolute Gasteiger partial charge is 0.493 e. The summed E-state index contributed by atoms with van der Waals surface area (Å²) >= 11 is 0. The van der Waals surface area contributed by atoms with Crippen LogP contribution in [-0.2, 0) is 9.59 Å². The van der Waals surface area contributed by atoms with Crippen molar-refractivity contribution >= 4 is 17.9 Å². The van der Waals surface area contributed by atoms with Gasteiger partial charge in [0.25, 0.3) is 0 Å². The first-order chi connectivity index (χ1) is 14.1. The first-order valence-electron chi connectivity index (χ1n) is 10.3. The molecule has 0 unspecified atom stereocenters. The van der Waals surface area contributed by atoms with Crippen LogP contribution < -0.4 is 14.8 Å². The van der Waals surface area contributed by atoms with Crippen molar-refractivity contribution < 1.29 is 19.1 Å². The molecule has 0 saturated carbocycles. The zero-order chi connectivity index (χ0) is 21.1. The lowest BCUT2D eigenvalue weighted by Crippen LogP contribution is -2.39. The van der Waals surface area contributed by atoms with E-state index < -0.39 is 0 Å². The Morgan fingerprint density at radius 1 is 1.14 bits per heavy atom. The van der Waals surface area contributed by atoms with E-state index in [2.05, 4.69) is 17.1 Å². The van der Waals surface area contributed by atoms with Crippen molar-refractivity contribution in [2.24, 2.45) is 0 Å². The second-order valence-corrected chi connectivity index (χ2v) is 7.00. The van der Waals surface area contributed by atoms with Gasteiger partial charge in [-0.2, -0.15) is 0 Å². The van der Waals surface area contributed by atoms with Gasteiger partial charge in [0.05, 0.1) is 20.3 Å². The molecule has 0 bridgehead atoms. The molecule has 1 aromatic rings. The predicted molar refractivity (Wildman–Crippen MR) is 114 cm³/mol. The number of amides is 2. The third-order valence-corrected chi connectivity index (χ3v) is 4.71. The highest BCUT2D eigenvalue weighted by Gasteiger charge is 2.19. The van der Waals surface area contributed by atoms with Gasteiger partial charge in [-0.05, 0) is 43.5 Å². The molecule has 0 aromatic heterocycles. The van der Waals surface area contributed by atoms with Crippen LogP contribution in [0.15, 0.2) is 24.3 Å². The number of likely N-dealkylation sites (N-methyl/N-ethyl adjacent to an activating group) is 1. The van der Waals surface area contributed by atoms with E-state index in [0.29, 0.717) is 50.8 Å². The number of methoxy groups -OCH3 is 1. The molecule has 2 amide bonds. The molecule has 1 N–H and O–H groups in total. The maximum Gasteiger partial charge on any atom is 0.246 e. The lowest BCUT2D eigenvalue weighted by molar-refractivity contribution is -0.125. The maximum atomic E-state index is 12.6. The number of carbonyl (C=O) groups excluding carboxylic acids is 2. The SMILES string of the molecule is CCCOc1ccc(/C=C/C(=O)N2CCCN(CC(=O)NCC)CC2)cc1OC. The fourth-order valence-corrected chi connectivity index (χ4v) is 3.20.